The minimum absolute atomic E-state index is 0.194. The van der Waals surface area contributed by atoms with Gasteiger partial charge in [-0.1, -0.05) is 48.9 Å². The first kappa shape index (κ1) is 10.2. The van der Waals surface area contributed by atoms with Crippen molar-refractivity contribution in [2.75, 3.05) is 0 Å². The number of hydrogen-bond acceptors (Lipinski definition) is 0. The Balaban J connectivity index is 2.08. The highest BCUT2D eigenvalue weighted by Gasteiger charge is 2.27. The molecule has 0 nitrogen and oxygen atoms in total. The molecule has 0 radical (unpaired) electrons. The summed E-state index contributed by atoms with van der Waals surface area (Å²) in [5.74, 6) is 0.687. The molecule has 1 aliphatic carbocycles. The van der Waals surface area contributed by atoms with Crippen LogP contribution in [0.4, 0.5) is 0 Å². The fourth-order valence-electron chi connectivity index (χ4n) is 2.48. The molecule has 1 fully saturated rings. The van der Waals surface area contributed by atoms with Gasteiger partial charge < -0.3 is 0 Å². The highest BCUT2D eigenvalue weighted by Crippen LogP contribution is 2.43. The van der Waals surface area contributed by atoms with Crippen LogP contribution in [0.25, 0.3) is 10.8 Å². The topological polar surface area (TPSA) is 0 Å². The van der Waals surface area contributed by atoms with E-state index in [9.17, 15) is 0 Å². The third-order valence-electron chi connectivity index (χ3n) is 3.68. The highest BCUT2D eigenvalue weighted by molar-refractivity contribution is 6.22. The van der Waals surface area contributed by atoms with Crippen LogP contribution in [0.2, 0.25) is 0 Å². The van der Waals surface area contributed by atoms with E-state index in [1.807, 2.05) is 0 Å². The molecule has 0 saturated heterocycles. The first-order valence-electron chi connectivity index (χ1n) is 5.98. The maximum atomic E-state index is 6.59. The Labute approximate surface area is 101 Å². The summed E-state index contributed by atoms with van der Waals surface area (Å²) in [5, 5.41) is 2.81. The van der Waals surface area contributed by atoms with Gasteiger partial charge >= 0.3 is 0 Å². The Morgan fingerprint density at radius 3 is 2.50 bits per heavy atom. The van der Waals surface area contributed by atoms with Gasteiger partial charge in [-0.3, -0.25) is 0 Å². The van der Waals surface area contributed by atoms with Gasteiger partial charge in [0, 0.05) is 0 Å². The fourth-order valence-corrected chi connectivity index (χ4v) is 2.92. The lowest BCUT2D eigenvalue weighted by Gasteiger charge is -2.30. The van der Waals surface area contributed by atoms with Gasteiger partial charge in [0.15, 0.2) is 0 Å². The van der Waals surface area contributed by atoms with Crippen LogP contribution in [0.1, 0.15) is 30.2 Å². The first-order valence-corrected chi connectivity index (χ1v) is 6.41. The Bertz CT molecular complexity index is 494. The second-order valence-corrected chi connectivity index (χ2v) is 5.13. The highest BCUT2D eigenvalue weighted by atomic mass is 35.5. The average Bonchev–Trinajstić information content (AvgIpc) is 2.26. The van der Waals surface area contributed by atoms with Gasteiger partial charge in [0.25, 0.3) is 0 Å². The zero-order chi connectivity index (χ0) is 11.0. The molecule has 0 N–H and O–H groups in total. The molecular weight excluding hydrogens is 216 g/mol. The van der Waals surface area contributed by atoms with Gasteiger partial charge in [-0.2, -0.15) is 0 Å². The number of benzene rings is 2. The van der Waals surface area contributed by atoms with E-state index in [0.717, 1.165) is 0 Å². The molecule has 0 spiro atoms. The maximum absolute atomic E-state index is 6.59. The van der Waals surface area contributed by atoms with Crippen molar-refractivity contribution in [1.29, 1.82) is 0 Å². The van der Waals surface area contributed by atoms with Crippen molar-refractivity contribution in [1.82, 2.24) is 0 Å². The summed E-state index contributed by atoms with van der Waals surface area (Å²) in [6.07, 6.45) is 3.92. The molecule has 16 heavy (non-hydrogen) atoms. The lowest BCUT2D eigenvalue weighted by atomic mass is 9.79. The summed E-state index contributed by atoms with van der Waals surface area (Å²) in [5.41, 5.74) is 1.31. The van der Waals surface area contributed by atoms with Crippen LogP contribution in [0.3, 0.4) is 0 Å². The normalized spacial score (nSPS) is 18.3. The lowest BCUT2D eigenvalue weighted by molar-refractivity contribution is 0.306. The summed E-state index contributed by atoms with van der Waals surface area (Å²) in [4.78, 5) is 0. The molecule has 0 heterocycles. The monoisotopic (exact) mass is 230 g/mol. The molecule has 2 aromatic carbocycles. The lowest BCUT2D eigenvalue weighted by Crippen LogP contribution is -2.16. The number of alkyl halides is 1. The maximum Gasteiger partial charge on any atom is 0.0619 e. The van der Waals surface area contributed by atoms with Crippen LogP contribution in [-0.4, -0.2) is 0 Å². The number of rotatable bonds is 2. The number of fused-ring (bicyclic) bond motifs is 1. The molecular formula is C15H15Cl. The summed E-state index contributed by atoms with van der Waals surface area (Å²) in [7, 11) is 0. The molecule has 2 aromatic rings. The van der Waals surface area contributed by atoms with E-state index in [0.29, 0.717) is 5.92 Å². The zero-order valence-electron chi connectivity index (χ0n) is 9.20. The SMILES string of the molecule is ClC(c1cccc2ccccc12)C1CCC1. The minimum atomic E-state index is 0.194. The van der Waals surface area contributed by atoms with Crippen molar-refractivity contribution in [3.05, 3.63) is 48.0 Å². The summed E-state index contributed by atoms with van der Waals surface area (Å²) >= 11 is 6.59. The summed E-state index contributed by atoms with van der Waals surface area (Å²) in [6.45, 7) is 0. The first-order chi connectivity index (χ1) is 7.86. The molecule has 1 atom stereocenters. The van der Waals surface area contributed by atoms with Crippen molar-refractivity contribution in [3.63, 3.8) is 0 Å². The van der Waals surface area contributed by atoms with Gasteiger partial charge in [0.1, 0.15) is 0 Å². The van der Waals surface area contributed by atoms with Crippen molar-refractivity contribution >= 4 is 22.4 Å². The summed E-state index contributed by atoms with van der Waals surface area (Å²) in [6, 6.07) is 15.0. The quantitative estimate of drug-likeness (QED) is 0.643. The fraction of sp³-hybridized carbons (Fsp3) is 0.333. The molecule has 3 rings (SSSR count). The van der Waals surface area contributed by atoms with E-state index in [1.54, 1.807) is 0 Å². The van der Waals surface area contributed by atoms with E-state index >= 15 is 0 Å². The van der Waals surface area contributed by atoms with Crippen LogP contribution in [0.5, 0.6) is 0 Å². The Morgan fingerprint density at radius 2 is 1.75 bits per heavy atom. The number of hydrogen-bond donors (Lipinski definition) is 0. The van der Waals surface area contributed by atoms with Crippen molar-refractivity contribution in [2.45, 2.75) is 24.6 Å². The van der Waals surface area contributed by atoms with Crippen molar-refractivity contribution < 1.29 is 0 Å². The largest absolute Gasteiger partial charge is 0.117 e. The molecule has 1 saturated carbocycles. The third-order valence-corrected chi connectivity index (χ3v) is 4.28. The van der Waals surface area contributed by atoms with Crippen molar-refractivity contribution in [3.8, 4) is 0 Å². The molecule has 0 amide bonds. The smallest absolute Gasteiger partial charge is 0.0619 e. The molecule has 82 valence electrons. The van der Waals surface area contributed by atoms with Gasteiger partial charge in [0.05, 0.1) is 5.38 Å². The van der Waals surface area contributed by atoms with E-state index in [2.05, 4.69) is 42.5 Å². The Hall–Kier alpha value is -1.01. The second kappa shape index (κ2) is 4.10. The molecule has 0 bridgehead atoms. The van der Waals surface area contributed by atoms with Gasteiger partial charge in [-0.05, 0) is 35.1 Å². The van der Waals surface area contributed by atoms with Crippen LogP contribution in [0.15, 0.2) is 42.5 Å². The van der Waals surface area contributed by atoms with E-state index in [4.69, 9.17) is 11.6 Å². The Kier molecular flexibility index (Phi) is 2.61. The molecule has 1 aliphatic rings. The van der Waals surface area contributed by atoms with Gasteiger partial charge in [-0.25, -0.2) is 0 Å². The number of halogens is 1. The van der Waals surface area contributed by atoms with Crippen molar-refractivity contribution in [2.24, 2.45) is 5.92 Å². The van der Waals surface area contributed by atoms with Crippen LogP contribution < -0.4 is 0 Å². The minimum Gasteiger partial charge on any atom is -0.117 e. The third kappa shape index (κ3) is 1.62. The van der Waals surface area contributed by atoms with E-state index in [-0.39, 0.29) is 5.38 Å². The second-order valence-electron chi connectivity index (χ2n) is 4.66. The predicted octanol–water partition coefficient (Wildman–Crippen LogP) is 4.92. The standard InChI is InChI=1S/C15H15Cl/c16-15(12-7-3-8-12)14-10-4-6-11-5-1-2-9-13(11)14/h1-2,4-6,9-10,12,15H,3,7-8H2. The summed E-state index contributed by atoms with van der Waals surface area (Å²) < 4.78 is 0. The van der Waals surface area contributed by atoms with Gasteiger partial charge in [-0.15, -0.1) is 11.6 Å². The predicted molar refractivity (Wildman–Crippen MR) is 69.9 cm³/mol. The van der Waals surface area contributed by atoms with Crippen LogP contribution >= 0.6 is 11.6 Å². The van der Waals surface area contributed by atoms with E-state index in [1.165, 1.54) is 35.6 Å². The molecule has 1 heteroatoms. The average molecular weight is 231 g/mol. The zero-order valence-corrected chi connectivity index (χ0v) is 9.95. The Morgan fingerprint density at radius 1 is 1.00 bits per heavy atom. The molecule has 1 unspecified atom stereocenters. The van der Waals surface area contributed by atoms with Crippen LogP contribution in [-0.2, 0) is 0 Å². The van der Waals surface area contributed by atoms with Crippen LogP contribution in [0, 0.1) is 5.92 Å². The molecule has 0 aromatic heterocycles. The molecule has 0 aliphatic heterocycles. The van der Waals surface area contributed by atoms with E-state index < -0.39 is 0 Å². The van der Waals surface area contributed by atoms with Gasteiger partial charge in [0.2, 0.25) is 0 Å².